The molecule has 0 radical (unpaired) electrons. The average molecular weight is 395 g/mol. The quantitative estimate of drug-likeness (QED) is 0.570. The van der Waals surface area contributed by atoms with Gasteiger partial charge in [-0.05, 0) is 30.7 Å². The highest BCUT2D eigenvalue weighted by Gasteiger charge is 2.33. The molecule has 0 fully saturated rings. The number of alkyl halides is 3. The number of hydrogen-bond donors (Lipinski definition) is 3. The normalized spacial score (nSPS) is 11.0. The molecule has 1 heterocycles. The van der Waals surface area contributed by atoms with E-state index in [9.17, 15) is 18.0 Å². The second-order valence-electron chi connectivity index (χ2n) is 6.12. The summed E-state index contributed by atoms with van der Waals surface area (Å²) in [4.78, 5) is 17.5. The van der Waals surface area contributed by atoms with Crippen LogP contribution < -0.4 is 20.9 Å². The number of nitrogens with zero attached hydrogens (tertiary/aromatic N) is 2. The lowest BCUT2D eigenvalue weighted by Gasteiger charge is -2.19. The lowest BCUT2D eigenvalue weighted by molar-refractivity contribution is -0.137. The van der Waals surface area contributed by atoms with Crippen molar-refractivity contribution in [2.45, 2.75) is 12.6 Å². The molecule has 6 nitrogen and oxygen atoms in total. The molecular weight excluding hydrogens is 371 g/mol. The minimum atomic E-state index is -4.48. The van der Waals surface area contributed by atoms with Crippen molar-refractivity contribution >= 4 is 17.5 Å². The van der Waals surface area contributed by atoms with E-state index in [-0.39, 0.29) is 24.9 Å². The third-order valence-corrected chi connectivity index (χ3v) is 3.97. The second kappa shape index (κ2) is 10.4. The van der Waals surface area contributed by atoms with Gasteiger partial charge < -0.3 is 20.9 Å². The molecule has 2 amide bonds. The average Bonchev–Trinajstić information content (AvgIpc) is 2.68. The van der Waals surface area contributed by atoms with E-state index in [4.69, 9.17) is 0 Å². The van der Waals surface area contributed by atoms with Crippen LogP contribution in [0.25, 0.3) is 0 Å². The molecule has 1 aromatic carbocycles. The van der Waals surface area contributed by atoms with E-state index < -0.39 is 11.7 Å². The number of carbonyl (C=O) groups excluding carboxylic acids is 1. The Labute approximate surface area is 162 Å². The molecule has 28 heavy (non-hydrogen) atoms. The van der Waals surface area contributed by atoms with Crippen LogP contribution in [-0.4, -0.2) is 44.2 Å². The molecule has 3 N–H and O–H groups in total. The van der Waals surface area contributed by atoms with E-state index >= 15 is 0 Å². The highest BCUT2D eigenvalue weighted by atomic mass is 19.4. The third-order valence-electron chi connectivity index (χ3n) is 3.97. The molecule has 0 saturated heterocycles. The summed E-state index contributed by atoms with van der Waals surface area (Å²) in [6, 6.07) is 11.7. The zero-order valence-electron chi connectivity index (χ0n) is 15.6. The van der Waals surface area contributed by atoms with E-state index in [0.717, 1.165) is 24.7 Å². The van der Waals surface area contributed by atoms with Crippen LogP contribution in [0.3, 0.4) is 0 Å². The van der Waals surface area contributed by atoms with Crippen molar-refractivity contribution in [1.29, 1.82) is 0 Å². The fraction of sp³-hybridized carbons (Fsp3) is 0.368. The Kier molecular flexibility index (Phi) is 7.91. The van der Waals surface area contributed by atoms with Crippen molar-refractivity contribution in [3.8, 4) is 0 Å². The number of pyridine rings is 1. The van der Waals surface area contributed by atoms with Crippen LogP contribution in [0.2, 0.25) is 0 Å². The number of carbonyl (C=O) groups is 1. The molecule has 0 atom stereocenters. The number of benzene rings is 1. The van der Waals surface area contributed by atoms with Crippen molar-refractivity contribution < 1.29 is 18.0 Å². The van der Waals surface area contributed by atoms with Crippen LogP contribution in [0, 0.1) is 0 Å². The van der Waals surface area contributed by atoms with Gasteiger partial charge in [0, 0.05) is 45.1 Å². The first kappa shape index (κ1) is 21.3. The van der Waals surface area contributed by atoms with Crippen molar-refractivity contribution in [3.05, 3.63) is 54.2 Å². The number of aromatic nitrogens is 1. The monoisotopic (exact) mass is 395 g/mol. The molecule has 9 heteroatoms. The van der Waals surface area contributed by atoms with Gasteiger partial charge >= 0.3 is 12.2 Å². The Morgan fingerprint density at radius 1 is 1.04 bits per heavy atom. The Hall–Kier alpha value is -2.97. The van der Waals surface area contributed by atoms with Crippen LogP contribution in [0.15, 0.2) is 48.7 Å². The predicted molar refractivity (Wildman–Crippen MR) is 103 cm³/mol. The lowest BCUT2D eigenvalue weighted by atomic mass is 10.2. The third kappa shape index (κ3) is 6.98. The van der Waals surface area contributed by atoms with Crippen LogP contribution in [-0.2, 0) is 6.18 Å². The molecule has 2 rings (SSSR count). The number of para-hydroxylation sites is 1. The van der Waals surface area contributed by atoms with E-state index in [1.807, 2.05) is 37.4 Å². The summed E-state index contributed by atoms with van der Waals surface area (Å²) in [5, 5.41) is 7.91. The molecule has 2 aromatic rings. The Bertz CT molecular complexity index is 740. The van der Waals surface area contributed by atoms with E-state index in [2.05, 4.69) is 25.8 Å². The minimum absolute atomic E-state index is 0.129. The first-order valence-corrected chi connectivity index (χ1v) is 8.92. The summed E-state index contributed by atoms with van der Waals surface area (Å²) in [7, 11) is 1.98. The SMILES string of the molecule is CN(CCCNC(=O)NCCNc1ncccc1C(F)(F)F)c1ccccc1. The number of anilines is 2. The van der Waals surface area contributed by atoms with Gasteiger partial charge in [-0.1, -0.05) is 18.2 Å². The van der Waals surface area contributed by atoms with Crippen LogP contribution in [0.4, 0.5) is 29.5 Å². The highest BCUT2D eigenvalue weighted by molar-refractivity contribution is 5.73. The fourth-order valence-corrected chi connectivity index (χ4v) is 2.52. The topological polar surface area (TPSA) is 69.3 Å². The van der Waals surface area contributed by atoms with Gasteiger partial charge in [-0.2, -0.15) is 13.2 Å². The summed E-state index contributed by atoms with van der Waals surface area (Å²) in [6.07, 6.45) is -2.43. The number of amides is 2. The Morgan fingerprint density at radius 3 is 2.46 bits per heavy atom. The summed E-state index contributed by atoms with van der Waals surface area (Å²) < 4.78 is 38.6. The lowest BCUT2D eigenvalue weighted by Crippen LogP contribution is -2.39. The summed E-state index contributed by atoms with van der Waals surface area (Å²) in [6.45, 7) is 1.58. The fourth-order valence-electron chi connectivity index (χ4n) is 2.52. The van der Waals surface area contributed by atoms with Crippen LogP contribution >= 0.6 is 0 Å². The molecule has 0 saturated carbocycles. The number of urea groups is 1. The molecule has 0 bridgehead atoms. The van der Waals surface area contributed by atoms with Gasteiger partial charge in [0.25, 0.3) is 0 Å². The molecular formula is C19H24F3N5O. The van der Waals surface area contributed by atoms with Gasteiger partial charge in [0.2, 0.25) is 0 Å². The van der Waals surface area contributed by atoms with E-state index in [0.29, 0.717) is 6.54 Å². The standard InChI is InChI=1S/C19H24F3N5O/c1-27(15-7-3-2-4-8-15)14-6-11-25-18(28)26-13-12-24-17-16(19(20,21)22)9-5-10-23-17/h2-5,7-10H,6,11-14H2,1H3,(H,23,24)(H2,25,26,28). The van der Waals surface area contributed by atoms with Crippen LogP contribution in [0.5, 0.6) is 0 Å². The molecule has 152 valence electrons. The summed E-state index contributed by atoms with van der Waals surface area (Å²) in [5.74, 6) is -0.249. The Morgan fingerprint density at radius 2 is 1.75 bits per heavy atom. The minimum Gasteiger partial charge on any atom is -0.375 e. The number of halogens is 3. The van der Waals surface area contributed by atoms with Crippen molar-refractivity contribution in [2.24, 2.45) is 0 Å². The van der Waals surface area contributed by atoms with Gasteiger partial charge in [0.05, 0.1) is 5.56 Å². The Balaban J connectivity index is 1.61. The molecule has 1 aromatic heterocycles. The van der Waals surface area contributed by atoms with E-state index in [1.165, 1.54) is 12.3 Å². The molecule has 0 spiro atoms. The largest absolute Gasteiger partial charge is 0.419 e. The summed E-state index contributed by atoms with van der Waals surface area (Å²) >= 11 is 0. The zero-order valence-corrected chi connectivity index (χ0v) is 15.6. The maximum absolute atomic E-state index is 12.9. The van der Waals surface area contributed by atoms with Crippen molar-refractivity contribution in [2.75, 3.05) is 43.4 Å². The van der Waals surface area contributed by atoms with Crippen molar-refractivity contribution in [3.63, 3.8) is 0 Å². The second-order valence-corrected chi connectivity index (χ2v) is 6.12. The number of nitrogens with one attached hydrogen (secondary N) is 3. The first-order valence-electron chi connectivity index (χ1n) is 8.92. The smallest absolute Gasteiger partial charge is 0.375 e. The molecule has 0 aliphatic heterocycles. The first-order chi connectivity index (χ1) is 13.4. The van der Waals surface area contributed by atoms with Gasteiger partial charge in [-0.25, -0.2) is 9.78 Å². The zero-order chi connectivity index (χ0) is 20.4. The van der Waals surface area contributed by atoms with Gasteiger partial charge in [0.15, 0.2) is 0 Å². The highest BCUT2D eigenvalue weighted by Crippen LogP contribution is 2.33. The van der Waals surface area contributed by atoms with Gasteiger partial charge in [-0.3, -0.25) is 0 Å². The maximum Gasteiger partial charge on any atom is 0.419 e. The number of rotatable bonds is 9. The predicted octanol–water partition coefficient (Wildman–Crippen LogP) is 3.34. The molecule has 0 aliphatic rings. The van der Waals surface area contributed by atoms with Gasteiger partial charge in [0.1, 0.15) is 5.82 Å². The number of hydrogen-bond acceptors (Lipinski definition) is 4. The van der Waals surface area contributed by atoms with Gasteiger partial charge in [-0.15, -0.1) is 0 Å². The molecule has 0 aliphatic carbocycles. The van der Waals surface area contributed by atoms with Crippen LogP contribution in [0.1, 0.15) is 12.0 Å². The maximum atomic E-state index is 12.9. The summed E-state index contributed by atoms with van der Waals surface area (Å²) in [5.41, 5.74) is 0.271. The molecule has 0 unspecified atom stereocenters. The van der Waals surface area contributed by atoms with Crippen molar-refractivity contribution in [1.82, 2.24) is 15.6 Å². The van der Waals surface area contributed by atoms with E-state index in [1.54, 1.807) is 0 Å².